The molecule has 198 valence electrons. The smallest absolute Gasteiger partial charge is 0.255 e. The van der Waals surface area contributed by atoms with Gasteiger partial charge in [0, 0.05) is 43.5 Å². The van der Waals surface area contributed by atoms with Crippen LogP contribution in [0.4, 0.5) is 11.4 Å². The van der Waals surface area contributed by atoms with Gasteiger partial charge in [0.2, 0.25) is 0 Å². The zero-order valence-electron chi connectivity index (χ0n) is 21.9. The van der Waals surface area contributed by atoms with E-state index < -0.39 is 0 Å². The Balaban J connectivity index is 1.21. The Labute approximate surface area is 230 Å². The van der Waals surface area contributed by atoms with Gasteiger partial charge in [0.1, 0.15) is 11.0 Å². The number of para-hydroxylation sites is 1. The second-order valence-electron chi connectivity index (χ2n) is 10.00. The Bertz CT molecular complexity index is 1830. The van der Waals surface area contributed by atoms with Gasteiger partial charge in [-0.05, 0) is 49.5 Å². The van der Waals surface area contributed by atoms with Crippen LogP contribution in [-0.2, 0) is 0 Å². The highest BCUT2D eigenvalue weighted by molar-refractivity contribution is 6.04. The van der Waals surface area contributed by atoms with Gasteiger partial charge in [-0.3, -0.25) is 14.9 Å². The minimum absolute atomic E-state index is 0.194. The number of carbonyl (C=O) groups excluding carboxylic acids is 1. The second-order valence-corrected chi connectivity index (χ2v) is 10.00. The average Bonchev–Trinajstić information content (AvgIpc) is 3.62. The van der Waals surface area contributed by atoms with E-state index in [0.717, 1.165) is 54.0 Å². The van der Waals surface area contributed by atoms with E-state index in [0.29, 0.717) is 34.0 Å². The van der Waals surface area contributed by atoms with Gasteiger partial charge < -0.3 is 20.1 Å². The molecule has 6 aromatic rings. The summed E-state index contributed by atoms with van der Waals surface area (Å²) < 4.78 is 0. The van der Waals surface area contributed by atoms with Gasteiger partial charge in [-0.15, -0.1) is 0 Å². The largest absolute Gasteiger partial charge is 0.367 e. The quantitative estimate of drug-likeness (QED) is 0.299. The van der Waals surface area contributed by atoms with E-state index in [4.69, 9.17) is 9.97 Å². The van der Waals surface area contributed by atoms with Crippen molar-refractivity contribution in [2.24, 2.45) is 0 Å². The van der Waals surface area contributed by atoms with Crippen molar-refractivity contribution in [1.29, 1.82) is 0 Å². The summed E-state index contributed by atoms with van der Waals surface area (Å²) in [7, 11) is 2.15. The molecule has 1 aliphatic heterocycles. The molecule has 0 unspecified atom stereocenters. The normalized spacial score (nSPS) is 14.2. The van der Waals surface area contributed by atoms with Crippen LogP contribution >= 0.6 is 0 Å². The van der Waals surface area contributed by atoms with Crippen LogP contribution in [0.2, 0.25) is 0 Å². The molecule has 0 saturated carbocycles. The summed E-state index contributed by atoms with van der Waals surface area (Å²) in [6.45, 7) is 3.98. The number of fused-ring (bicyclic) bond motifs is 2. The maximum Gasteiger partial charge on any atom is 0.255 e. The fraction of sp³-hybridized carbons (Fsp3) is 0.167. The molecule has 0 atom stereocenters. The zero-order valence-corrected chi connectivity index (χ0v) is 21.9. The molecule has 1 fully saturated rings. The van der Waals surface area contributed by atoms with Crippen LogP contribution in [0, 0.1) is 0 Å². The standard InChI is InChI=1S/C30H27N9O/c1-38-12-14-39(15-13-38)25-9-5-8-23-26(25)35-29(34-23)28-27-24(36-37-28)11-10-22(33-27)20-16-21(18-31-17-20)32-30(40)19-6-3-2-4-7-19/h2-11,16-18H,12-15H2,1H3,(H,32,40)(H,34,35)(H,36,37). The van der Waals surface area contributed by atoms with Gasteiger partial charge in [-0.1, -0.05) is 24.3 Å². The highest BCUT2D eigenvalue weighted by atomic mass is 16.1. The van der Waals surface area contributed by atoms with Crippen molar-refractivity contribution < 1.29 is 4.79 Å². The minimum Gasteiger partial charge on any atom is -0.367 e. The number of nitrogens with one attached hydrogen (secondary N) is 3. The van der Waals surface area contributed by atoms with E-state index in [1.165, 1.54) is 0 Å². The summed E-state index contributed by atoms with van der Waals surface area (Å²) in [5.74, 6) is 0.468. The van der Waals surface area contributed by atoms with Crippen molar-refractivity contribution in [1.82, 2.24) is 35.0 Å². The Morgan fingerprint density at radius 1 is 0.875 bits per heavy atom. The Hall–Kier alpha value is -5.09. The number of nitrogens with zero attached hydrogens (tertiary/aromatic N) is 6. The maximum atomic E-state index is 12.6. The number of imidazole rings is 1. The van der Waals surface area contributed by atoms with E-state index in [-0.39, 0.29) is 5.91 Å². The summed E-state index contributed by atoms with van der Waals surface area (Å²) in [5.41, 5.74) is 7.85. The molecule has 0 bridgehead atoms. The molecule has 0 spiro atoms. The molecule has 1 amide bonds. The molecule has 10 heteroatoms. The number of carbonyl (C=O) groups is 1. The number of hydrogen-bond acceptors (Lipinski definition) is 7. The molecule has 0 aliphatic carbocycles. The first-order valence-corrected chi connectivity index (χ1v) is 13.2. The van der Waals surface area contributed by atoms with E-state index >= 15 is 0 Å². The van der Waals surface area contributed by atoms with Gasteiger partial charge in [-0.2, -0.15) is 5.10 Å². The molecule has 0 radical (unpaired) electrons. The van der Waals surface area contributed by atoms with E-state index in [1.807, 2.05) is 42.5 Å². The van der Waals surface area contributed by atoms with Crippen LogP contribution in [0.3, 0.4) is 0 Å². The summed E-state index contributed by atoms with van der Waals surface area (Å²) in [6.07, 6.45) is 3.36. The van der Waals surface area contributed by atoms with Crippen LogP contribution in [0.1, 0.15) is 10.4 Å². The number of anilines is 2. The summed E-state index contributed by atoms with van der Waals surface area (Å²) in [6, 6.07) is 21.1. The number of rotatable bonds is 5. The number of likely N-dealkylation sites (N-methyl/N-ethyl adjacent to an activating group) is 1. The lowest BCUT2D eigenvalue weighted by atomic mass is 10.1. The van der Waals surface area contributed by atoms with E-state index in [2.05, 4.69) is 54.5 Å². The third-order valence-electron chi connectivity index (χ3n) is 7.30. The Morgan fingerprint density at radius 2 is 1.73 bits per heavy atom. The Morgan fingerprint density at radius 3 is 2.58 bits per heavy atom. The molecular formula is C30H27N9O. The van der Waals surface area contributed by atoms with Crippen LogP contribution in [0.25, 0.3) is 44.8 Å². The SMILES string of the molecule is CN1CCN(c2cccc3[nH]c(-c4n[nH]c5ccc(-c6cncc(NC(=O)c7ccccc7)c6)nc45)nc23)CC1. The molecule has 1 aliphatic rings. The average molecular weight is 530 g/mol. The molecular weight excluding hydrogens is 502 g/mol. The zero-order chi connectivity index (χ0) is 27.1. The van der Waals surface area contributed by atoms with E-state index in [9.17, 15) is 4.79 Å². The molecule has 3 N–H and O–H groups in total. The summed E-state index contributed by atoms with van der Waals surface area (Å²) in [4.78, 5) is 35.1. The van der Waals surface area contributed by atoms with Crippen molar-refractivity contribution in [3.63, 3.8) is 0 Å². The minimum atomic E-state index is -0.194. The van der Waals surface area contributed by atoms with Gasteiger partial charge in [0.15, 0.2) is 11.5 Å². The number of H-pyrrole nitrogens is 2. The summed E-state index contributed by atoms with van der Waals surface area (Å²) in [5, 5.41) is 10.6. The first kappa shape index (κ1) is 24.0. The van der Waals surface area contributed by atoms with Crippen LogP contribution < -0.4 is 10.2 Å². The third kappa shape index (κ3) is 4.44. The van der Waals surface area contributed by atoms with Crippen LogP contribution in [0.5, 0.6) is 0 Å². The molecule has 1 saturated heterocycles. The number of piperazine rings is 1. The highest BCUT2D eigenvalue weighted by Gasteiger charge is 2.20. The highest BCUT2D eigenvalue weighted by Crippen LogP contribution is 2.31. The third-order valence-corrected chi connectivity index (χ3v) is 7.30. The van der Waals surface area contributed by atoms with Gasteiger partial charge in [0.25, 0.3) is 5.91 Å². The fourth-order valence-corrected chi connectivity index (χ4v) is 5.10. The molecule has 40 heavy (non-hydrogen) atoms. The molecule has 10 nitrogen and oxygen atoms in total. The van der Waals surface area contributed by atoms with Crippen LogP contribution in [0.15, 0.2) is 79.1 Å². The molecule has 2 aromatic carbocycles. The predicted molar refractivity (Wildman–Crippen MR) is 156 cm³/mol. The number of benzene rings is 2. The lowest BCUT2D eigenvalue weighted by Crippen LogP contribution is -2.44. The molecule has 5 heterocycles. The summed E-state index contributed by atoms with van der Waals surface area (Å²) >= 11 is 0. The topological polar surface area (TPSA) is 119 Å². The number of hydrogen-bond donors (Lipinski definition) is 3. The fourth-order valence-electron chi connectivity index (χ4n) is 5.10. The van der Waals surface area contributed by atoms with Gasteiger partial charge in [0.05, 0.1) is 34.3 Å². The number of amides is 1. The maximum absolute atomic E-state index is 12.6. The van der Waals surface area contributed by atoms with Gasteiger partial charge >= 0.3 is 0 Å². The second kappa shape index (κ2) is 9.90. The van der Waals surface area contributed by atoms with Crippen LogP contribution in [-0.4, -0.2) is 74.2 Å². The van der Waals surface area contributed by atoms with E-state index in [1.54, 1.807) is 24.5 Å². The van der Waals surface area contributed by atoms with Crippen molar-refractivity contribution in [3.8, 4) is 22.8 Å². The molecule has 4 aromatic heterocycles. The Kier molecular flexibility index (Phi) is 5.94. The number of aromatic amines is 2. The predicted octanol–water partition coefficient (Wildman–Crippen LogP) is 4.57. The first-order chi connectivity index (χ1) is 19.6. The number of pyridine rings is 2. The number of aromatic nitrogens is 6. The lowest BCUT2D eigenvalue weighted by molar-refractivity contribution is 0.102. The van der Waals surface area contributed by atoms with Crippen molar-refractivity contribution >= 4 is 39.3 Å². The van der Waals surface area contributed by atoms with Crippen molar-refractivity contribution in [3.05, 3.63) is 84.7 Å². The molecule has 7 rings (SSSR count). The monoisotopic (exact) mass is 529 g/mol. The van der Waals surface area contributed by atoms with Gasteiger partial charge in [-0.25, -0.2) is 9.97 Å². The first-order valence-electron chi connectivity index (χ1n) is 13.2. The van der Waals surface area contributed by atoms with Crippen molar-refractivity contribution in [2.45, 2.75) is 0 Å². The van der Waals surface area contributed by atoms with Crippen molar-refractivity contribution in [2.75, 3.05) is 43.4 Å². The lowest BCUT2D eigenvalue weighted by Gasteiger charge is -2.34.